The predicted molar refractivity (Wildman–Crippen MR) is 76.8 cm³/mol. The first-order valence-corrected chi connectivity index (χ1v) is 6.82. The number of carbonyl (C=O) groups excluding carboxylic acids is 1. The zero-order valence-corrected chi connectivity index (χ0v) is 13.5. The summed E-state index contributed by atoms with van der Waals surface area (Å²) < 4.78 is 1.08. The zero-order chi connectivity index (χ0) is 14.1. The summed E-state index contributed by atoms with van der Waals surface area (Å²) in [5.41, 5.74) is 0.153. The van der Waals surface area contributed by atoms with Crippen LogP contribution in [0, 0.1) is 0 Å². The minimum atomic E-state index is -2.03. The molecule has 0 aliphatic rings. The summed E-state index contributed by atoms with van der Waals surface area (Å²) in [6.07, 6.45) is 0. The van der Waals surface area contributed by atoms with Gasteiger partial charge in [0, 0.05) is 11.1 Å². The van der Waals surface area contributed by atoms with E-state index in [0.29, 0.717) is 0 Å². The van der Waals surface area contributed by atoms with Crippen molar-refractivity contribution in [2.75, 3.05) is 0 Å². The molecule has 0 aromatic heterocycles. The molecule has 0 spiro atoms. The van der Waals surface area contributed by atoms with Crippen molar-refractivity contribution in [2.45, 2.75) is 7.77 Å². The molecule has 0 fully saturated rings. The lowest BCUT2D eigenvalue weighted by molar-refractivity contribution is 0.108. The standard InChI is InChI=1S/C9H3Cl7O2/c10-7(17)4-1-2-6(18-9(14,15)16)5(3-4)8(11,12)13/h1-3H. The first-order chi connectivity index (χ1) is 8.00. The first kappa shape index (κ1) is 16.8. The average molecular weight is 391 g/mol. The molecule has 0 unspecified atom stereocenters. The normalized spacial score (nSPS) is 12.4. The molecule has 0 heterocycles. The summed E-state index contributed by atoms with van der Waals surface area (Å²) in [6.45, 7) is 0. The van der Waals surface area contributed by atoms with Gasteiger partial charge in [-0.3, -0.25) is 4.79 Å². The molecule has 18 heavy (non-hydrogen) atoms. The van der Waals surface area contributed by atoms with Crippen LogP contribution in [-0.2, 0) is 3.79 Å². The summed E-state index contributed by atoms with van der Waals surface area (Å²) in [4.78, 5) is 11.0. The third kappa shape index (κ3) is 5.01. The molecular weight excluding hydrogens is 388 g/mol. The molecule has 1 aromatic carbocycles. The molecule has 9 heteroatoms. The quantitative estimate of drug-likeness (QED) is 0.485. The van der Waals surface area contributed by atoms with Gasteiger partial charge in [0.25, 0.3) is 5.24 Å². The van der Waals surface area contributed by atoms with Crippen molar-refractivity contribution < 1.29 is 9.53 Å². The molecule has 0 radical (unpaired) electrons. The monoisotopic (exact) mass is 388 g/mol. The molecule has 100 valence electrons. The number of ether oxygens (including phenoxy) is 1. The fraction of sp³-hybridized carbons (Fsp3) is 0.222. The number of rotatable bonds is 2. The highest BCUT2D eigenvalue weighted by molar-refractivity contribution is 6.68. The van der Waals surface area contributed by atoms with Crippen LogP contribution in [-0.4, -0.2) is 9.22 Å². The minimum absolute atomic E-state index is 0.0108. The van der Waals surface area contributed by atoms with Crippen molar-refractivity contribution in [2.24, 2.45) is 0 Å². The molecule has 0 saturated heterocycles. The Morgan fingerprint density at radius 2 is 1.61 bits per heavy atom. The third-order valence-electron chi connectivity index (χ3n) is 1.74. The van der Waals surface area contributed by atoms with E-state index in [2.05, 4.69) is 0 Å². The van der Waals surface area contributed by atoms with E-state index in [9.17, 15) is 4.79 Å². The van der Waals surface area contributed by atoms with Crippen LogP contribution in [0.25, 0.3) is 0 Å². The number of hydrogen-bond acceptors (Lipinski definition) is 2. The Morgan fingerprint density at radius 3 is 2.00 bits per heavy atom. The Labute approximate surface area is 138 Å². The first-order valence-electron chi connectivity index (χ1n) is 4.17. The molecule has 0 saturated carbocycles. The van der Waals surface area contributed by atoms with E-state index in [4.69, 9.17) is 85.9 Å². The molecule has 0 aliphatic carbocycles. The molecule has 0 N–H and O–H groups in total. The van der Waals surface area contributed by atoms with Crippen LogP contribution in [0.2, 0.25) is 0 Å². The van der Waals surface area contributed by atoms with Gasteiger partial charge in [-0.15, -0.1) is 0 Å². The van der Waals surface area contributed by atoms with Crippen molar-refractivity contribution >= 4 is 86.4 Å². The van der Waals surface area contributed by atoms with Crippen LogP contribution in [0.5, 0.6) is 5.75 Å². The van der Waals surface area contributed by atoms with Gasteiger partial charge in [0.1, 0.15) is 5.75 Å². The second-order valence-electron chi connectivity index (χ2n) is 3.03. The molecule has 1 rings (SSSR count). The lowest BCUT2D eigenvalue weighted by atomic mass is 10.1. The number of carbonyl (C=O) groups is 1. The molecule has 1 aromatic rings. The van der Waals surface area contributed by atoms with E-state index in [1.807, 2.05) is 0 Å². The maximum atomic E-state index is 11.0. The van der Waals surface area contributed by atoms with Gasteiger partial charge in [-0.2, -0.15) is 0 Å². The Hall–Kier alpha value is 0.720. The van der Waals surface area contributed by atoms with Gasteiger partial charge < -0.3 is 4.74 Å². The third-order valence-corrected chi connectivity index (χ3v) is 2.80. The van der Waals surface area contributed by atoms with E-state index in [1.54, 1.807) is 0 Å². The zero-order valence-electron chi connectivity index (χ0n) is 8.19. The van der Waals surface area contributed by atoms with Gasteiger partial charge in [-0.05, 0) is 64.6 Å². The second kappa shape index (κ2) is 6.01. The molecule has 0 amide bonds. The Bertz CT molecular complexity index is 461. The molecule has 0 atom stereocenters. The van der Waals surface area contributed by atoms with E-state index in [1.165, 1.54) is 18.2 Å². The summed E-state index contributed by atoms with van der Waals surface area (Å²) in [5.74, 6) is 0.0108. The Morgan fingerprint density at radius 1 is 1.06 bits per heavy atom. The SMILES string of the molecule is O=C(Cl)c1ccc(OC(Cl)(Cl)Cl)c(C(Cl)(Cl)Cl)c1. The van der Waals surface area contributed by atoms with Crippen molar-refractivity contribution in [1.82, 2.24) is 0 Å². The van der Waals surface area contributed by atoms with E-state index in [-0.39, 0.29) is 16.9 Å². The fourth-order valence-corrected chi connectivity index (χ4v) is 1.90. The predicted octanol–water partition coefficient (Wildman–Crippen LogP) is 5.60. The van der Waals surface area contributed by atoms with Crippen LogP contribution in [0.1, 0.15) is 15.9 Å². The van der Waals surface area contributed by atoms with Crippen LogP contribution < -0.4 is 4.74 Å². The second-order valence-corrected chi connectivity index (χ2v) is 7.83. The summed E-state index contributed by atoms with van der Waals surface area (Å²) in [5, 5.41) is -0.717. The summed E-state index contributed by atoms with van der Waals surface area (Å²) in [6, 6.07) is 3.91. The van der Waals surface area contributed by atoms with Crippen molar-refractivity contribution in [3.05, 3.63) is 29.3 Å². The highest BCUT2D eigenvalue weighted by Crippen LogP contribution is 2.45. The highest BCUT2D eigenvalue weighted by Gasteiger charge is 2.32. The van der Waals surface area contributed by atoms with Crippen molar-refractivity contribution in [1.29, 1.82) is 0 Å². The Balaban J connectivity index is 3.30. The summed E-state index contributed by atoms with van der Waals surface area (Å²) >= 11 is 39.0. The number of halogens is 7. The van der Waals surface area contributed by atoms with E-state index >= 15 is 0 Å². The highest BCUT2D eigenvalue weighted by atomic mass is 35.6. The fourth-order valence-electron chi connectivity index (χ4n) is 1.09. The largest absolute Gasteiger partial charge is 0.445 e. The average Bonchev–Trinajstić information content (AvgIpc) is 2.13. The number of benzene rings is 1. The number of hydrogen-bond donors (Lipinski definition) is 0. The minimum Gasteiger partial charge on any atom is -0.445 e. The Kier molecular flexibility index (Phi) is 5.60. The van der Waals surface area contributed by atoms with Crippen molar-refractivity contribution in [3.8, 4) is 5.75 Å². The van der Waals surface area contributed by atoms with Crippen LogP contribution in [0.15, 0.2) is 18.2 Å². The summed E-state index contributed by atoms with van der Waals surface area (Å²) in [7, 11) is 0. The van der Waals surface area contributed by atoms with Gasteiger partial charge in [0.15, 0.2) is 0 Å². The lowest BCUT2D eigenvalue weighted by Gasteiger charge is -2.20. The van der Waals surface area contributed by atoms with Gasteiger partial charge in [-0.1, -0.05) is 34.8 Å². The molecule has 2 nitrogen and oxygen atoms in total. The maximum Gasteiger partial charge on any atom is 0.338 e. The van der Waals surface area contributed by atoms with Gasteiger partial charge in [-0.25, -0.2) is 0 Å². The smallest absolute Gasteiger partial charge is 0.338 e. The maximum absolute atomic E-state index is 11.0. The molecule has 0 bridgehead atoms. The van der Waals surface area contributed by atoms with Crippen LogP contribution in [0.3, 0.4) is 0 Å². The van der Waals surface area contributed by atoms with Gasteiger partial charge in [0.2, 0.25) is 3.79 Å². The van der Waals surface area contributed by atoms with Crippen molar-refractivity contribution in [3.63, 3.8) is 0 Å². The molecule has 0 aliphatic heterocycles. The lowest BCUT2D eigenvalue weighted by Crippen LogP contribution is -2.16. The van der Waals surface area contributed by atoms with E-state index in [0.717, 1.165) is 0 Å². The molecular formula is C9H3Cl7O2. The van der Waals surface area contributed by atoms with Gasteiger partial charge >= 0.3 is 3.98 Å². The van der Waals surface area contributed by atoms with Crippen LogP contribution in [0.4, 0.5) is 0 Å². The van der Waals surface area contributed by atoms with Crippen LogP contribution >= 0.6 is 81.2 Å². The number of alkyl halides is 6. The topological polar surface area (TPSA) is 26.3 Å². The van der Waals surface area contributed by atoms with E-state index < -0.39 is 13.0 Å². The van der Waals surface area contributed by atoms with Gasteiger partial charge in [0.05, 0.1) is 0 Å².